The number of hydrogen-bond donors (Lipinski definition) is 2. The third-order valence-electron chi connectivity index (χ3n) is 6.61. The highest BCUT2D eigenvalue weighted by Crippen LogP contribution is 2.39. The molecule has 0 heterocycles. The summed E-state index contributed by atoms with van der Waals surface area (Å²) in [5.41, 5.74) is -1.27. The fourth-order valence-corrected chi connectivity index (χ4v) is 4.22. The van der Waals surface area contributed by atoms with E-state index in [1.54, 1.807) is 20.8 Å². The Labute approximate surface area is 223 Å². The number of hydrogen-bond acceptors (Lipinski definition) is 6. The van der Waals surface area contributed by atoms with E-state index in [9.17, 15) is 19.5 Å². The van der Waals surface area contributed by atoms with E-state index in [0.717, 1.165) is 19.3 Å². The van der Waals surface area contributed by atoms with Gasteiger partial charge in [0.15, 0.2) is 0 Å². The van der Waals surface area contributed by atoms with Crippen LogP contribution in [-0.4, -0.2) is 46.4 Å². The lowest BCUT2D eigenvalue weighted by Gasteiger charge is -2.26. The Balaban J connectivity index is 3.10. The average Bonchev–Trinajstić information content (AvgIpc) is 3.06. The van der Waals surface area contributed by atoms with Crippen LogP contribution in [0.25, 0.3) is 0 Å². The Hall–Kier alpha value is -2.15. The topological polar surface area (TPSA) is 110 Å². The normalized spacial score (nSPS) is 23.5. The van der Waals surface area contributed by atoms with Crippen LogP contribution in [0.3, 0.4) is 0 Å². The molecule has 7 nitrogen and oxygen atoms in total. The van der Waals surface area contributed by atoms with Crippen LogP contribution in [0.2, 0.25) is 0 Å². The molecular weight excluding hydrogens is 472 g/mol. The summed E-state index contributed by atoms with van der Waals surface area (Å²) < 4.78 is 11.7. The van der Waals surface area contributed by atoms with Crippen molar-refractivity contribution in [1.82, 2.24) is 0 Å². The lowest BCUT2D eigenvalue weighted by molar-refractivity contribution is -0.160. The average molecular weight is 523 g/mol. The highest BCUT2D eigenvalue weighted by molar-refractivity contribution is 5.76. The van der Waals surface area contributed by atoms with Crippen molar-refractivity contribution in [2.75, 3.05) is 0 Å². The number of carboxylic acid groups (broad SMARTS) is 1. The number of carboxylic acids is 1. The second kappa shape index (κ2) is 15.3. The summed E-state index contributed by atoms with van der Waals surface area (Å²) in [6.07, 6.45) is 12.3. The summed E-state index contributed by atoms with van der Waals surface area (Å²) in [7, 11) is 0. The molecule has 0 aliphatic heterocycles. The van der Waals surface area contributed by atoms with Gasteiger partial charge in [0, 0.05) is 18.8 Å². The van der Waals surface area contributed by atoms with E-state index < -0.39 is 29.0 Å². The number of carbonyl (C=O) groups is 3. The molecule has 0 amide bonds. The highest BCUT2D eigenvalue weighted by atomic mass is 16.6. The van der Waals surface area contributed by atoms with Gasteiger partial charge in [-0.1, -0.05) is 38.0 Å². The summed E-state index contributed by atoms with van der Waals surface area (Å²) in [6.45, 7) is 13.0. The van der Waals surface area contributed by atoms with Crippen molar-refractivity contribution in [2.45, 2.75) is 125 Å². The number of carbonyl (C=O) groups excluding carboxylic acids is 2. The molecule has 0 radical (unpaired) electrons. The maximum atomic E-state index is 12.7. The standard InChI is InChI=1S/C30H50O7/c1-8-9-12-15-21(36-27(34)29(2,3)4)18-19-23-22(16-13-10-11-14-17-26(32)33)24(31)20-25(23)37-28(35)30(5,6)7/h10,13,18-19,21-25,31H,8-9,11-12,14-17,20H2,1-7H3,(H,32,33)/b13-10-,19-18+/t21-,22+,23+,24-,25?/m0/s1. The van der Waals surface area contributed by atoms with Gasteiger partial charge in [0.25, 0.3) is 0 Å². The van der Waals surface area contributed by atoms with Crippen molar-refractivity contribution in [2.24, 2.45) is 22.7 Å². The van der Waals surface area contributed by atoms with E-state index in [4.69, 9.17) is 14.6 Å². The summed E-state index contributed by atoms with van der Waals surface area (Å²) in [4.78, 5) is 36.0. The molecule has 2 N–H and O–H groups in total. The minimum absolute atomic E-state index is 0.124. The molecule has 0 aromatic carbocycles. The molecule has 0 spiro atoms. The first-order chi connectivity index (χ1) is 17.2. The first-order valence-electron chi connectivity index (χ1n) is 13.8. The first kappa shape index (κ1) is 32.9. The zero-order valence-corrected chi connectivity index (χ0v) is 24.0. The van der Waals surface area contributed by atoms with Gasteiger partial charge < -0.3 is 19.7 Å². The Bertz CT molecular complexity index is 785. The van der Waals surface area contributed by atoms with Crippen molar-refractivity contribution >= 4 is 17.9 Å². The molecule has 0 aromatic heterocycles. The van der Waals surface area contributed by atoms with Crippen LogP contribution in [0.15, 0.2) is 24.3 Å². The van der Waals surface area contributed by atoms with Crippen molar-refractivity contribution in [3.05, 3.63) is 24.3 Å². The molecule has 1 fully saturated rings. The number of esters is 2. The number of aliphatic hydroxyl groups excluding tert-OH is 1. The number of rotatable bonds is 14. The Morgan fingerprint density at radius 1 is 0.973 bits per heavy atom. The lowest BCUT2D eigenvalue weighted by atomic mass is 9.89. The SMILES string of the molecule is CCCCC[C@@H](/C=C/[C@H]1C(OC(=O)C(C)(C)C)C[C@H](O)[C@@H]1C/C=C\CCCC(=O)O)OC(=O)C(C)(C)C. The van der Waals surface area contributed by atoms with E-state index in [0.29, 0.717) is 32.1 Å². The molecule has 37 heavy (non-hydrogen) atoms. The summed E-state index contributed by atoms with van der Waals surface area (Å²) in [5.74, 6) is -1.78. The van der Waals surface area contributed by atoms with E-state index in [1.807, 2.05) is 45.1 Å². The predicted molar refractivity (Wildman–Crippen MR) is 145 cm³/mol. The van der Waals surface area contributed by atoms with Crippen LogP contribution < -0.4 is 0 Å². The van der Waals surface area contributed by atoms with E-state index in [1.165, 1.54) is 0 Å². The quantitative estimate of drug-likeness (QED) is 0.158. The Morgan fingerprint density at radius 2 is 1.62 bits per heavy atom. The summed E-state index contributed by atoms with van der Waals surface area (Å²) in [5, 5.41) is 19.7. The molecule has 1 saturated carbocycles. The fraction of sp³-hybridized carbons (Fsp3) is 0.767. The van der Waals surface area contributed by atoms with Gasteiger partial charge >= 0.3 is 17.9 Å². The van der Waals surface area contributed by atoms with Gasteiger partial charge in [-0.2, -0.15) is 0 Å². The second-order valence-electron chi connectivity index (χ2n) is 12.3. The summed E-state index contributed by atoms with van der Waals surface area (Å²) >= 11 is 0. The number of ether oxygens (including phenoxy) is 2. The largest absolute Gasteiger partial charge is 0.481 e. The monoisotopic (exact) mass is 522 g/mol. The van der Waals surface area contributed by atoms with E-state index in [-0.39, 0.29) is 36.3 Å². The third-order valence-corrected chi connectivity index (χ3v) is 6.61. The zero-order valence-electron chi connectivity index (χ0n) is 24.0. The number of aliphatic hydroxyl groups is 1. The molecule has 1 aliphatic carbocycles. The van der Waals surface area contributed by atoms with Crippen LogP contribution in [0.5, 0.6) is 0 Å². The van der Waals surface area contributed by atoms with Crippen molar-refractivity contribution in [3.8, 4) is 0 Å². The maximum Gasteiger partial charge on any atom is 0.311 e. The third kappa shape index (κ3) is 12.3. The minimum atomic E-state index is -0.811. The summed E-state index contributed by atoms with van der Waals surface area (Å²) in [6, 6.07) is 0. The Kier molecular flexibility index (Phi) is 13.6. The number of unbranched alkanes of at least 4 members (excludes halogenated alkanes) is 3. The van der Waals surface area contributed by atoms with Crippen LogP contribution in [-0.2, 0) is 23.9 Å². The van der Waals surface area contributed by atoms with Crippen molar-refractivity contribution in [3.63, 3.8) is 0 Å². The lowest BCUT2D eigenvalue weighted by Crippen LogP contribution is -2.31. The smallest absolute Gasteiger partial charge is 0.311 e. The van der Waals surface area contributed by atoms with E-state index in [2.05, 4.69) is 6.92 Å². The molecule has 7 heteroatoms. The van der Waals surface area contributed by atoms with Crippen LogP contribution in [0, 0.1) is 22.7 Å². The van der Waals surface area contributed by atoms with Gasteiger partial charge in [-0.15, -0.1) is 0 Å². The van der Waals surface area contributed by atoms with Gasteiger partial charge in [0.05, 0.1) is 16.9 Å². The molecule has 0 aromatic rings. The zero-order chi connectivity index (χ0) is 28.2. The molecule has 1 rings (SSSR count). The maximum absolute atomic E-state index is 12.7. The second-order valence-corrected chi connectivity index (χ2v) is 12.3. The molecule has 212 valence electrons. The van der Waals surface area contributed by atoms with Crippen molar-refractivity contribution in [1.29, 1.82) is 0 Å². The Morgan fingerprint density at radius 3 is 2.19 bits per heavy atom. The van der Waals surface area contributed by atoms with Gasteiger partial charge in [-0.05, 0) is 85.6 Å². The van der Waals surface area contributed by atoms with Gasteiger partial charge in [-0.3, -0.25) is 14.4 Å². The fourth-order valence-electron chi connectivity index (χ4n) is 4.22. The number of aliphatic carboxylic acids is 1. The molecule has 1 aliphatic rings. The van der Waals surface area contributed by atoms with E-state index >= 15 is 0 Å². The first-order valence-corrected chi connectivity index (χ1v) is 13.8. The van der Waals surface area contributed by atoms with Crippen LogP contribution >= 0.6 is 0 Å². The minimum Gasteiger partial charge on any atom is -0.481 e. The molecule has 0 bridgehead atoms. The molecule has 1 unspecified atom stereocenters. The molecule has 0 saturated heterocycles. The van der Waals surface area contributed by atoms with Gasteiger partial charge in [0.2, 0.25) is 0 Å². The van der Waals surface area contributed by atoms with Gasteiger partial charge in [0.1, 0.15) is 12.2 Å². The van der Waals surface area contributed by atoms with Crippen LogP contribution in [0.4, 0.5) is 0 Å². The van der Waals surface area contributed by atoms with Crippen molar-refractivity contribution < 1.29 is 34.1 Å². The number of allylic oxidation sites excluding steroid dienone is 2. The molecule has 5 atom stereocenters. The van der Waals surface area contributed by atoms with Crippen LogP contribution in [0.1, 0.15) is 106 Å². The predicted octanol–water partition coefficient (Wildman–Crippen LogP) is 6.24. The molecular formula is C30H50O7. The highest BCUT2D eigenvalue weighted by Gasteiger charge is 2.44. The van der Waals surface area contributed by atoms with Gasteiger partial charge in [-0.25, -0.2) is 0 Å².